The number of imidazole rings is 1. The summed E-state index contributed by atoms with van der Waals surface area (Å²) in [4.78, 5) is 13.3. The summed E-state index contributed by atoms with van der Waals surface area (Å²) in [5.74, 6) is 1.67. The van der Waals surface area contributed by atoms with Gasteiger partial charge in [0.1, 0.15) is 11.5 Å². The lowest BCUT2D eigenvalue weighted by molar-refractivity contribution is 0.743. The second kappa shape index (κ2) is 5.44. The topological polar surface area (TPSA) is 55.6 Å². The Labute approximate surface area is 126 Å². The van der Waals surface area contributed by atoms with Gasteiger partial charge in [-0.25, -0.2) is 15.0 Å². The first-order valence-electron chi connectivity index (χ1n) is 6.58. The summed E-state index contributed by atoms with van der Waals surface area (Å²) in [6.07, 6.45) is 9.14. The summed E-state index contributed by atoms with van der Waals surface area (Å²) >= 11 is 2.26. The van der Waals surface area contributed by atoms with E-state index >= 15 is 0 Å². The van der Waals surface area contributed by atoms with E-state index in [1.54, 1.807) is 0 Å². The highest BCUT2D eigenvalue weighted by Crippen LogP contribution is 2.37. The van der Waals surface area contributed by atoms with Gasteiger partial charge in [-0.15, -0.1) is 0 Å². The second-order valence-corrected chi connectivity index (χ2v) is 5.90. The van der Waals surface area contributed by atoms with Crippen molar-refractivity contribution in [1.82, 2.24) is 19.5 Å². The molecule has 2 aromatic heterocycles. The van der Waals surface area contributed by atoms with Crippen molar-refractivity contribution in [2.24, 2.45) is 0 Å². The van der Waals surface area contributed by atoms with Crippen LogP contribution >= 0.6 is 22.6 Å². The Morgan fingerprint density at radius 2 is 2.26 bits per heavy atom. The molecule has 5 nitrogen and oxygen atoms in total. The molecule has 1 saturated carbocycles. The number of hydrogen-bond donors (Lipinski definition) is 1. The molecular formula is C13H16IN5. The molecule has 0 aromatic carbocycles. The SMILES string of the molecule is CCCNc1nc(-c2cncn2C2CC2)ncc1I. The lowest BCUT2D eigenvalue weighted by Crippen LogP contribution is -2.06. The van der Waals surface area contributed by atoms with Gasteiger partial charge in [-0.2, -0.15) is 0 Å². The van der Waals surface area contributed by atoms with E-state index in [9.17, 15) is 0 Å². The van der Waals surface area contributed by atoms with Gasteiger partial charge in [-0.05, 0) is 41.9 Å². The number of nitrogens with one attached hydrogen (secondary N) is 1. The molecule has 3 rings (SSSR count). The summed E-state index contributed by atoms with van der Waals surface area (Å²) in [5, 5.41) is 3.34. The minimum Gasteiger partial charge on any atom is -0.369 e. The monoisotopic (exact) mass is 369 g/mol. The van der Waals surface area contributed by atoms with Crippen molar-refractivity contribution in [2.45, 2.75) is 32.2 Å². The fourth-order valence-electron chi connectivity index (χ4n) is 1.98. The van der Waals surface area contributed by atoms with Crippen molar-refractivity contribution in [1.29, 1.82) is 0 Å². The first-order chi connectivity index (χ1) is 9.29. The van der Waals surface area contributed by atoms with Gasteiger partial charge >= 0.3 is 0 Å². The summed E-state index contributed by atoms with van der Waals surface area (Å²) in [6, 6.07) is 0.590. The smallest absolute Gasteiger partial charge is 0.179 e. The van der Waals surface area contributed by atoms with E-state index in [-0.39, 0.29) is 0 Å². The maximum absolute atomic E-state index is 4.63. The minimum atomic E-state index is 0.590. The van der Waals surface area contributed by atoms with Crippen LogP contribution in [0, 0.1) is 3.57 Å². The van der Waals surface area contributed by atoms with Gasteiger partial charge in [0, 0.05) is 18.8 Å². The first kappa shape index (κ1) is 12.8. The number of halogens is 1. The molecule has 100 valence electrons. The Morgan fingerprint density at radius 1 is 1.42 bits per heavy atom. The van der Waals surface area contributed by atoms with Crippen molar-refractivity contribution in [3.05, 3.63) is 22.3 Å². The molecule has 0 spiro atoms. The van der Waals surface area contributed by atoms with Gasteiger partial charge < -0.3 is 9.88 Å². The summed E-state index contributed by atoms with van der Waals surface area (Å²) in [6.45, 7) is 3.07. The van der Waals surface area contributed by atoms with Crippen molar-refractivity contribution in [2.75, 3.05) is 11.9 Å². The molecule has 0 unspecified atom stereocenters. The van der Waals surface area contributed by atoms with Gasteiger partial charge in [-0.3, -0.25) is 0 Å². The molecule has 0 radical (unpaired) electrons. The third-order valence-electron chi connectivity index (χ3n) is 3.12. The van der Waals surface area contributed by atoms with Gasteiger partial charge in [0.15, 0.2) is 5.82 Å². The van der Waals surface area contributed by atoms with Crippen molar-refractivity contribution in [3.8, 4) is 11.5 Å². The van der Waals surface area contributed by atoms with Gasteiger partial charge in [0.25, 0.3) is 0 Å². The van der Waals surface area contributed by atoms with E-state index in [0.29, 0.717) is 6.04 Å². The van der Waals surface area contributed by atoms with E-state index in [2.05, 4.69) is 54.4 Å². The molecule has 6 heteroatoms. The standard InChI is InChI=1S/C13H16IN5/c1-2-5-16-12-10(14)6-17-13(18-12)11-7-15-8-19(11)9-3-4-9/h6-9H,2-5H2,1H3,(H,16,17,18). The molecule has 0 amide bonds. The maximum Gasteiger partial charge on any atom is 0.179 e. The second-order valence-electron chi connectivity index (χ2n) is 4.73. The normalized spacial score (nSPS) is 14.6. The number of anilines is 1. The fourth-order valence-corrected chi connectivity index (χ4v) is 2.43. The zero-order valence-electron chi connectivity index (χ0n) is 10.8. The fraction of sp³-hybridized carbons (Fsp3) is 0.462. The molecule has 2 aromatic rings. The Bertz CT molecular complexity index is 576. The Hall–Kier alpha value is -1.18. The molecule has 1 aliphatic carbocycles. The lowest BCUT2D eigenvalue weighted by atomic mass is 10.4. The van der Waals surface area contributed by atoms with E-state index in [1.165, 1.54) is 12.8 Å². The van der Waals surface area contributed by atoms with Gasteiger partial charge in [-0.1, -0.05) is 6.92 Å². The Balaban J connectivity index is 1.93. The largest absolute Gasteiger partial charge is 0.369 e. The average molecular weight is 369 g/mol. The van der Waals surface area contributed by atoms with E-state index in [1.807, 2.05) is 18.7 Å². The molecule has 0 saturated heterocycles. The molecule has 19 heavy (non-hydrogen) atoms. The van der Waals surface area contributed by atoms with Crippen LogP contribution in [0.4, 0.5) is 5.82 Å². The molecule has 1 aliphatic rings. The quantitative estimate of drug-likeness (QED) is 0.823. The highest BCUT2D eigenvalue weighted by atomic mass is 127. The molecule has 1 N–H and O–H groups in total. The molecule has 2 heterocycles. The van der Waals surface area contributed by atoms with E-state index in [0.717, 1.165) is 33.9 Å². The van der Waals surface area contributed by atoms with Crippen LogP contribution in [0.1, 0.15) is 32.2 Å². The summed E-state index contributed by atoms with van der Waals surface area (Å²) in [7, 11) is 0. The third kappa shape index (κ3) is 2.72. The molecule has 0 atom stereocenters. The number of nitrogens with zero attached hydrogens (tertiary/aromatic N) is 4. The third-order valence-corrected chi connectivity index (χ3v) is 3.91. The predicted octanol–water partition coefficient (Wildman–Crippen LogP) is 3.10. The highest BCUT2D eigenvalue weighted by Gasteiger charge is 2.26. The first-order valence-corrected chi connectivity index (χ1v) is 7.66. The van der Waals surface area contributed by atoms with Crippen LogP contribution in [0.3, 0.4) is 0 Å². The van der Waals surface area contributed by atoms with Crippen LogP contribution in [0.2, 0.25) is 0 Å². The molecule has 0 aliphatic heterocycles. The zero-order chi connectivity index (χ0) is 13.2. The molecule has 0 bridgehead atoms. The predicted molar refractivity (Wildman–Crippen MR) is 83.0 cm³/mol. The van der Waals surface area contributed by atoms with Crippen LogP contribution in [0.25, 0.3) is 11.5 Å². The minimum absolute atomic E-state index is 0.590. The van der Waals surface area contributed by atoms with Crippen molar-refractivity contribution in [3.63, 3.8) is 0 Å². The number of hydrogen-bond acceptors (Lipinski definition) is 4. The highest BCUT2D eigenvalue weighted by molar-refractivity contribution is 14.1. The van der Waals surface area contributed by atoms with Crippen molar-refractivity contribution < 1.29 is 0 Å². The number of rotatable bonds is 5. The van der Waals surface area contributed by atoms with Crippen LogP contribution in [-0.4, -0.2) is 26.1 Å². The van der Waals surface area contributed by atoms with Crippen LogP contribution in [0.5, 0.6) is 0 Å². The van der Waals surface area contributed by atoms with Crippen LogP contribution in [0.15, 0.2) is 18.7 Å². The Kier molecular flexibility index (Phi) is 3.67. The number of aromatic nitrogens is 4. The maximum atomic E-state index is 4.63. The van der Waals surface area contributed by atoms with Crippen LogP contribution < -0.4 is 5.32 Å². The van der Waals surface area contributed by atoms with E-state index in [4.69, 9.17) is 0 Å². The van der Waals surface area contributed by atoms with Gasteiger partial charge in [0.2, 0.25) is 0 Å². The summed E-state index contributed by atoms with van der Waals surface area (Å²) < 4.78 is 3.23. The van der Waals surface area contributed by atoms with Crippen molar-refractivity contribution >= 4 is 28.4 Å². The molecular weight excluding hydrogens is 353 g/mol. The Morgan fingerprint density at radius 3 is 3.00 bits per heavy atom. The zero-order valence-corrected chi connectivity index (χ0v) is 13.0. The summed E-state index contributed by atoms with van der Waals surface area (Å²) in [5.41, 5.74) is 1.01. The molecule has 1 fully saturated rings. The lowest BCUT2D eigenvalue weighted by Gasteiger charge is -2.09. The van der Waals surface area contributed by atoms with E-state index < -0.39 is 0 Å². The van der Waals surface area contributed by atoms with Gasteiger partial charge in [0.05, 0.1) is 16.1 Å². The average Bonchev–Trinajstić information content (AvgIpc) is 3.16. The van der Waals surface area contributed by atoms with Crippen LogP contribution in [-0.2, 0) is 0 Å².